The Hall–Kier alpha value is -3.67. The molecule has 2 aromatic carbocycles. The zero-order valence-corrected chi connectivity index (χ0v) is 20.2. The monoisotopic (exact) mass is 492 g/mol. The number of carbonyl (C=O) groups excluding carboxylic acids is 2. The highest BCUT2D eigenvalue weighted by Gasteiger charge is 2.31. The first-order valence-corrected chi connectivity index (χ1v) is 12.2. The van der Waals surface area contributed by atoms with Crippen molar-refractivity contribution in [2.75, 3.05) is 31.3 Å². The minimum absolute atomic E-state index is 0.0255. The van der Waals surface area contributed by atoms with Gasteiger partial charge in [-0.3, -0.25) is 24.0 Å². The number of carbonyl (C=O) groups is 2. The number of nitrogens with one attached hydrogen (secondary N) is 1. The standard InChI is InChI=1S/C22H28N4O7S/c1-5-20(22(28)23-2)24(14-16-9-11-19(33-3)12-10-16)21(27)15-25(34(4,31)32)17-7-6-8-18(13-17)26(29)30/h6-13,20H,5,14-15H2,1-4H3,(H,23,28)/t20-/m0/s1. The number of hydrogen-bond acceptors (Lipinski definition) is 7. The van der Waals surface area contributed by atoms with Gasteiger partial charge in [0, 0.05) is 25.7 Å². The third kappa shape index (κ3) is 6.67. The molecular formula is C22H28N4O7S. The SMILES string of the molecule is CC[C@@H](C(=O)NC)N(Cc1ccc(OC)cc1)C(=O)CN(c1cccc([N+](=O)[O-])c1)S(C)(=O)=O. The maximum atomic E-state index is 13.4. The van der Waals surface area contributed by atoms with Crippen LogP contribution < -0.4 is 14.4 Å². The van der Waals surface area contributed by atoms with Gasteiger partial charge in [-0.05, 0) is 30.2 Å². The second kappa shape index (κ2) is 11.5. The van der Waals surface area contributed by atoms with Crippen LogP contribution in [-0.4, -0.2) is 63.1 Å². The van der Waals surface area contributed by atoms with E-state index in [0.717, 1.165) is 16.6 Å². The lowest BCUT2D eigenvalue weighted by atomic mass is 10.1. The third-order valence-corrected chi connectivity index (χ3v) is 6.29. The maximum absolute atomic E-state index is 13.4. The van der Waals surface area contributed by atoms with Gasteiger partial charge in [-0.1, -0.05) is 25.1 Å². The van der Waals surface area contributed by atoms with Gasteiger partial charge in [-0.2, -0.15) is 0 Å². The molecule has 2 amide bonds. The van der Waals surface area contributed by atoms with Crippen LogP contribution >= 0.6 is 0 Å². The average molecular weight is 493 g/mol. The summed E-state index contributed by atoms with van der Waals surface area (Å²) in [6.45, 7) is 1.15. The highest BCUT2D eigenvalue weighted by molar-refractivity contribution is 7.92. The molecule has 34 heavy (non-hydrogen) atoms. The van der Waals surface area contributed by atoms with E-state index in [1.54, 1.807) is 31.2 Å². The Morgan fingerprint density at radius 3 is 2.32 bits per heavy atom. The quantitative estimate of drug-likeness (QED) is 0.373. The van der Waals surface area contributed by atoms with E-state index in [4.69, 9.17) is 4.74 Å². The minimum atomic E-state index is -3.98. The second-order valence-corrected chi connectivity index (χ2v) is 9.36. The molecule has 0 fully saturated rings. The van der Waals surface area contributed by atoms with Crippen molar-refractivity contribution in [1.82, 2.24) is 10.2 Å². The van der Waals surface area contributed by atoms with Gasteiger partial charge in [-0.25, -0.2) is 8.42 Å². The predicted octanol–water partition coefficient (Wildman–Crippen LogP) is 1.92. The van der Waals surface area contributed by atoms with Gasteiger partial charge < -0.3 is 15.0 Å². The van der Waals surface area contributed by atoms with Crippen LogP contribution in [-0.2, 0) is 26.2 Å². The molecule has 2 aromatic rings. The first kappa shape index (κ1) is 26.6. The van der Waals surface area contributed by atoms with Crippen LogP contribution in [0.1, 0.15) is 18.9 Å². The lowest BCUT2D eigenvalue weighted by molar-refractivity contribution is -0.384. The number of ether oxygens (including phenoxy) is 1. The number of hydrogen-bond donors (Lipinski definition) is 1. The highest BCUT2D eigenvalue weighted by Crippen LogP contribution is 2.24. The summed E-state index contributed by atoms with van der Waals surface area (Å²) >= 11 is 0. The van der Waals surface area contributed by atoms with E-state index in [0.29, 0.717) is 11.3 Å². The number of nitro benzene ring substituents is 1. The Morgan fingerprint density at radius 1 is 1.18 bits per heavy atom. The molecule has 0 bridgehead atoms. The maximum Gasteiger partial charge on any atom is 0.271 e. The molecule has 11 nitrogen and oxygen atoms in total. The van der Waals surface area contributed by atoms with Crippen LogP contribution in [0, 0.1) is 10.1 Å². The summed E-state index contributed by atoms with van der Waals surface area (Å²) in [5.74, 6) is -0.414. The first-order chi connectivity index (χ1) is 16.0. The average Bonchev–Trinajstić information content (AvgIpc) is 2.81. The van der Waals surface area contributed by atoms with Gasteiger partial charge in [0.1, 0.15) is 18.3 Å². The number of sulfonamides is 1. The summed E-state index contributed by atoms with van der Waals surface area (Å²) in [5.41, 5.74) is 0.366. The molecule has 0 heterocycles. The van der Waals surface area contributed by atoms with Gasteiger partial charge in [0.25, 0.3) is 5.69 Å². The van der Waals surface area contributed by atoms with E-state index < -0.39 is 39.3 Å². The topological polar surface area (TPSA) is 139 Å². The van der Waals surface area contributed by atoms with Crippen molar-refractivity contribution in [1.29, 1.82) is 0 Å². The van der Waals surface area contributed by atoms with Crippen LogP contribution in [0.4, 0.5) is 11.4 Å². The van der Waals surface area contributed by atoms with E-state index >= 15 is 0 Å². The Kier molecular flexibility index (Phi) is 8.96. The van der Waals surface area contributed by atoms with E-state index in [1.165, 1.54) is 37.3 Å². The number of benzene rings is 2. The van der Waals surface area contributed by atoms with Crippen LogP contribution in [0.3, 0.4) is 0 Å². The van der Waals surface area contributed by atoms with Crippen molar-refractivity contribution >= 4 is 33.2 Å². The number of rotatable bonds is 11. The van der Waals surface area contributed by atoms with E-state index in [1.807, 2.05) is 0 Å². The zero-order valence-electron chi connectivity index (χ0n) is 19.4. The number of nitrogens with zero attached hydrogens (tertiary/aromatic N) is 3. The molecule has 2 rings (SSSR count). The zero-order chi connectivity index (χ0) is 25.5. The van der Waals surface area contributed by atoms with Crippen LogP contribution in [0.2, 0.25) is 0 Å². The molecule has 0 unspecified atom stereocenters. The highest BCUT2D eigenvalue weighted by atomic mass is 32.2. The van der Waals surface area contributed by atoms with Crippen molar-refractivity contribution in [3.05, 3.63) is 64.2 Å². The Bertz CT molecular complexity index is 1140. The molecule has 0 aromatic heterocycles. The molecule has 1 N–H and O–H groups in total. The van der Waals surface area contributed by atoms with Crippen LogP contribution in [0.5, 0.6) is 5.75 Å². The summed E-state index contributed by atoms with van der Waals surface area (Å²) in [4.78, 5) is 37.7. The number of likely N-dealkylation sites (N-methyl/N-ethyl adjacent to an activating group) is 1. The molecule has 0 aliphatic carbocycles. The van der Waals surface area contributed by atoms with Crippen molar-refractivity contribution < 1.29 is 27.7 Å². The number of anilines is 1. The lowest BCUT2D eigenvalue weighted by Gasteiger charge is -2.32. The van der Waals surface area contributed by atoms with Gasteiger partial charge in [0.15, 0.2) is 0 Å². The molecule has 0 spiro atoms. The number of methoxy groups -OCH3 is 1. The molecule has 0 radical (unpaired) electrons. The molecule has 0 aliphatic rings. The van der Waals surface area contributed by atoms with Crippen molar-refractivity contribution in [2.45, 2.75) is 25.9 Å². The Morgan fingerprint density at radius 2 is 1.82 bits per heavy atom. The van der Waals surface area contributed by atoms with Crippen molar-refractivity contribution in [3.63, 3.8) is 0 Å². The summed E-state index contributed by atoms with van der Waals surface area (Å²) in [6, 6.07) is 11.1. The number of amides is 2. The molecule has 0 aliphatic heterocycles. The molecule has 12 heteroatoms. The fourth-order valence-corrected chi connectivity index (χ4v) is 4.23. The summed E-state index contributed by atoms with van der Waals surface area (Å²) in [6.07, 6.45) is 1.19. The van der Waals surface area contributed by atoms with Crippen LogP contribution in [0.15, 0.2) is 48.5 Å². The summed E-state index contributed by atoms with van der Waals surface area (Å²) in [5, 5.41) is 13.7. The molecular weight excluding hydrogens is 464 g/mol. The fraction of sp³-hybridized carbons (Fsp3) is 0.364. The summed E-state index contributed by atoms with van der Waals surface area (Å²) in [7, 11) is -1.01. The molecule has 0 saturated heterocycles. The Balaban J connectivity index is 2.45. The van der Waals surface area contributed by atoms with E-state index in [-0.39, 0.29) is 24.3 Å². The first-order valence-electron chi connectivity index (χ1n) is 10.4. The Labute approximate surface area is 198 Å². The molecule has 0 saturated carbocycles. The van der Waals surface area contributed by atoms with Crippen molar-refractivity contribution in [2.24, 2.45) is 0 Å². The van der Waals surface area contributed by atoms with Gasteiger partial charge in [0.05, 0.1) is 24.0 Å². The van der Waals surface area contributed by atoms with Gasteiger partial charge in [-0.15, -0.1) is 0 Å². The van der Waals surface area contributed by atoms with Gasteiger partial charge >= 0.3 is 0 Å². The molecule has 184 valence electrons. The number of non-ortho nitro benzene ring substituents is 1. The van der Waals surface area contributed by atoms with Gasteiger partial charge in [0.2, 0.25) is 21.8 Å². The molecule has 1 atom stereocenters. The summed E-state index contributed by atoms with van der Waals surface area (Å²) < 4.78 is 31.0. The smallest absolute Gasteiger partial charge is 0.271 e. The second-order valence-electron chi connectivity index (χ2n) is 7.45. The van der Waals surface area contributed by atoms with Crippen LogP contribution in [0.25, 0.3) is 0 Å². The minimum Gasteiger partial charge on any atom is -0.497 e. The van der Waals surface area contributed by atoms with Crippen molar-refractivity contribution in [3.8, 4) is 5.75 Å². The number of nitro groups is 1. The predicted molar refractivity (Wildman–Crippen MR) is 127 cm³/mol. The largest absolute Gasteiger partial charge is 0.497 e. The normalized spacial score (nSPS) is 11.9. The lowest BCUT2D eigenvalue weighted by Crippen LogP contribution is -2.51. The fourth-order valence-electron chi connectivity index (χ4n) is 3.39. The van der Waals surface area contributed by atoms with E-state index in [9.17, 15) is 28.1 Å². The third-order valence-electron chi connectivity index (χ3n) is 5.15. The van der Waals surface area contributed by atoms with E-state index in [2.05, 4.69) is 5.32 Å².